The van der Waals surface area contributed by atoms with Gasteiger partial charge in [0.2, 0.25) is 5.91 Å². The molecule has 1 fully saturated rings. The quantitative estimate of drug-likeness (QED) is 0.681. The van der Waals surface area contributed by atoms with Crippen LogP contribution in [0.5, 0.6) is 0 Å². The van der Waals surface area contributed by atoms with Gasteiger partial charge in [0.15, 0.2) is 0 Å². The molecule has 0 aromatic heterocycles. The van der Waals surface area contributed by atoms with Crippen LogP contribution in [0.15, 0.2) is 0 Å². The molecule has 0 aliphatic heterocycles. The first kappa shape index (κ1) is 17.4. The van der Waals surface area contributed by atoms with Gasteiger partial charge in [-0.15, -0.1) is 0 Å². The van der Waals surface area contributed by atoms with E-state index < -0.39 is 5.54 Å². The van der Waals surface area contributed by atoms with Gasteiger partial charge < -0.3 is 11.1 Å². The van der Waals surface area contributed by atoms with Crippen molar-refractivity contribution in [2.45, 2.75) is 71.4 Å². The predicted molar refractivity (Wildman–Crippen MR) is 84.6 cm³/mol. The Morgan fingerprint density at radius 2 is 2.00 bits per heavy atom. The summed E-state index contributed by atoms with van der Waals surface area (Å²) in [6, 6.07) is 0.631. The summed E-state index contributed by atoms with van der Waals surface area (Å²) in [6.45, 7) is 11.0. The fourth-order valence-electron chi connectivity index (χ4n) is 3.10. The van der Waals surface area contributed by atoms with E-state index in [0.29, 0.717) is 12.0 Å². The number of carbonyl (C=O) groups is 1. The van der Waals surface area contributed by atoms with Crippen molar-refractivity contribution in [2.24, 2.45) is 11.7 Å². The Balaban J connectivity index is 2.72. The molecule has 1 unspecified atom stereocenters. The molecule has 1 atom stereocenters. The number of primary amides is 1. The van der Waals surface area contributed by atoms with Crippen LogP contribution in [0.1, 0.15) is 59.8 Å². The van der Waals surface area contributed by atoms with Crippen molar-refractivity contribution >= 4 is 5.91 Å². The number of carbonyl (C=O) groups excluding carboxylic acids is 1. The largest absolute Gasteiger partial charge is 0.368 e. The third-order valence-corrected chi connectivity index (χ3v) is 4.46. The average molecular weight is 283 g/mol. The molecule has 0 spiro atoms. The van der Waals surface area contributed by atoms with Gasteiger partial charge in [0.1, 0.15) is 5.54 Å². The molecule has 0 saturated heterocycles. The van der Waals surface area contributed by atoms with Gasteiger partial charge in [-0.2, -0.15) is 0 Å². The van der Waals surface area contributed by atoms with Crippen LogP contribution in [-0.4, -0.2) is 42.0 Å². The Bertz CT molecular complexity index is 300. The summed E-state index contributed by atoms with van der Waals surface area (Å²) >= 11 is 0. The van der Waals surface area contributed by atoms with Gasteiger partial charge in [-0.25, -0.2) is 0 Å². The molecule has 3 N–H and O–H groups in total. The number of likely N-dealkylation sites (N-methyl/N-ethyl adjacent to an activating group) is 1. The molecule has 0 aromatic rings. The summed E-state index contributed by atoms with van der Waals surface area (Å²) in [5.74, 6) is 0.449. The summed E-state index contributed by atoms with van der Waals surface area (Å²) in [5, 5.41) is 3.28. The number of hydrogen-bond acceptors (Lipinski definition) is 3. The van der Waals surface area contributed by atoms with Crippen molar-refractivity contribution in [3.05, 3.63) is 0 Å². The third-order valence-electron chi connectivity index (χ3n) is 4.46. The fourth-order valence-corrected chi connectivity index (χ4v) is 3.10. The second-order valence-electron chi connectivity index (χ2n) is 6.82. The lowest BCUT2D eigenvalue weighted by atomic mass is 9.98. The van der Waals surface area contributed by atoms with Crippen molar-refractivity contribution < 1.29 is 4.79 Å². The lowest BCUT2D eigenvalue weighted by Crippen LogP contribution is -2.60. The van der Waals surface area contributed by atoms with E-state index in [1.807, 2.05) is 13.8 Å². The maximum atomic E-state index is 11.8. The van der Waals surface area contributed by atoms with Gasteiger partial charge >= 0.3 is 0 Å². The highest BCUT2D eigenvalue weighted by Gasteiger charge is 2.35. The fraction of sp³-hybridized carbons (Fsp3) is 0.938. The molecule has 4 nitrogen and oxygen atoms in total. The molecule has 118 valence electrons. The molecule has 1 amide bonds. The zero-order valence-corrected chi connectivity index (χ0v) is 13.7. The summed E-state index contributed by atoms with van der Waals surface area (Å²) < 4.78 is 0. The van der Waals surface area contributed by atoms with Crippen LogP contribution in [0.25, 0.3) is 0 Å². The summed E-state index contributed by atoms with van der Waals surface area (Å²) in [7, 11) is 0. The maximum Gasteiger partial charge on any atom is 0.238 e. The Hall–Kier alpha value is -0.610. The van der Waals surface area contributed by atoms with E-state index in [1.165, 1.54) is 32.1 Å². The van der Waals surface area contributed by atoms with Crippen LogP contribution in [0, 0.1) is 5.92 Å². The van der Waals surface area contributed by atoms with Crippen molar-refractivity contribution in [1.82, 2.24) is 10.2 Å². The topological polar surface area (TPSA) is 58.4 Å². The molecule has 20 heavy (non-hydrogen) atoms. The van der Waals surface area contributed by atoms with Crippen LogP contribution in [-0.2, 0) is 4.79 Å². The van der Waals surface area contributed by atoms with E-state index in [0.717, 1.165) is 19.6 Å². The van der Waals surface area contributed by atoms with Crippen LogP contribution < -0.4 is 11.1 Å². The van der Waals surface area contributed by atoms with Gasteiger partial charge in [-0.3, -0.25) is 9.69 Å². The van der Waals surface area contributed by atoms with Crippen molar-refractivity contribution in [3.63, 3.8) is 0 Å². The second-order valence-corrected chi connectivity index (χ2v) is 6.82. The molecule has 1 rings (SSSR count). The zero-order valence-electron chi connectivity index (χ0n) is 13.7. The third kappa shape index (κ3) is 5.06. The second kappa shape index (κ2) is 7.99. The van der Waals surface area contributed by atoms with Gasteiger partial charge in [0.25, 0.3) is 0 Å². The van der Waals surface area contributed by atoms with E-state index in [-0.39, 0.29) is 5.91 Å². The van der Waals surface area contributed by atoms with Crippen LogP contribution in [0.3, 0.4) is 0 Å². The number of nitrogens with two attached hydrogens (primary N) is 1. The lowest BCUT2D eigenvalue weighted by Gasteiger charge is -2.37. The van der Waals surface area contributed by atoms with Crippen LogP contribution in [0.2, 0.25) is 0 Å². The first-order valence-electron chi connectivity index (χ1n) is 8.18. The molecule has 0 bridgehead atoms. The monoisotopic (exact) mass is 283 g/mol. The van der Waals surface area contributed by atoms with E-state index in [4.69, 9.17) is 5.73 Å². The molecule has 0 aromatic carbocycles. The molecule has 4 heteroatoms. The summed E-state index contributed by atoms with van der Waals surface area (Å²) in [5.41, 5.74) is 5.02. The summed E-state index contributed by atoms with van der Waals surface area (Å²) in [4.78, 5) is 14.3. The molecule has 0 heterocycles. The Kier molecular flexibility index (Phi) is 6.96. The Morgan fingerprint density at radius 3 is 2.45 bits per heavy atom. The molecule has 1 aliphatic rings. The molecule has 0 radical (unpaired) electrons. The number of hydrogen-bond donors (Lipinski definition) is 2. The van der Waals surface area contributed by atoms with Crippen molar-refractivity contribution in [3.8, 4) is 0 Å². The first-order valence-corrected chi connectivity index (χ1v) is 8.18. The number of amides is 1. The van der Waals surface area contributed by atoms with Gasteiger partial charge in [-0.05, 0) is 45.2 Å². The van der Waals surface area contributed by atoms with Crippen LogP contribution in [0.4, 0.5) is 0 Å². The SMILES string of the molecule is CCNC(C)(CN(CCC(C)C)C1CCCC1)C(N)=O. The minimum absolute atomic E-state index is 0.244. The van der Waals surface area contributed by atoms with Crippen molar-refractivity contribution in [2.75, 3.05) is 19.6 Å². The smallest absolute Gasteiger partial charge is 0.238 e. The number of rotatable bonds is 9. The van der Waals surface area contributed by atoms with Gasteiger partial charge in [0.05, 0.1) is 0 Å². The first-order chi connectivity index (χ1) is 9.39. The highest BCUT2D eigenvalue weighted by atomic mass is 16.1. The van der Waals surface area contributed by atoms with E-state index in [1.54, 1.807) is 0 Å². The minimum atomic E-state index is -0.617. The number of nitrogens with one attached hydrogen (secondary N) is 1. The van der Waals surface area contributed by atoms with Crippen LogP contribution >= 0.6 is 0 Å². The lowest BCUT2D eigenvalue weighted by molar-refractivity contribution is -0.124. The zero-order chi connectivity index (χ0) is 15.2. The molecule has 1 saturated carbocycles. The predicted octanol–water partition coefficient (Wildman–Crippen LogP) is 2.13. The maximum absolute atomic E-state index is 11.8. The highest BCUT2D eigenvalue weighted by Crippen LogP contribution is 2.25. The van der Waals surface area contributed by atoms with E-state index in [2.05, 4.69) is 24.1 Å². The van der Waals surface area contributed by atoms with Crippen molar-refractivity contribution in [1.29, 1.82) is 0 Å². The summed E-state index contributed by atoms with van der Waals surface area (Å²) in [6.07, 6.45) is 6.34. The number of nitrogens with zero attached hydrogens (tertiary/aromatic N) is 1. The molecular formula is C16H33N3O. The van der Waals surface area contributed by atoms with E-state index in [9.17, 15) is 4.79 Å². The molecule has 1 aliphatic carbocycles. The highest BCUT2D eigenvalue weighted by molar-refractivity contribution is 5.84. The minimum Gasteiger partial charge on any atom is -0.368 e. The average Bonchev–Trinajstić information content (AvgIpc) is 2.88. The van der Waals surface area contributed by atoms with Gasteiger partial charge in [0, 0.05) is 12.6 Å². The van der Waals surface area contributed by atoms with E-state index >= 15 is 0 Å². The standard InChI is InChI=1S/C16H33N3O/c1-5-18-16(4,15(17)20)12-19(11-10-13(2)3)14-8-6-7-9-14/h13-14,18H,5-12H2,1-4H3,(H2,17,20). The van der Waals surface area contributed by atoms with Gasteiger partial charge in [-0.1, -0.05) is 33.6 Å². The molecular weight excluding hydrogens is 250 g/mol. The Labute approximate surface area is 124 Å². The normalized spacial score (nSPS) is 19.7. The Morgan fingerprint density at radius 1 is 1.40 bits per heavy atom.